The SMILES string of the molecule is CC(=O)c1c([N+](=O)[O-])ccc(N[C@@H](CS)C(=O)O)c1[N+](=O)[O-]. The van der Waals surface area contributed by atoms with E-state index in [-0.39, 0.29) is 11.4 Å². The number of aliphatic carboxylic acids is 1. The van der Waals surface area contributed by atoms with Gasteiger partial charge in [0.05, 0.1) is 9.85 Å². The first kappa shape index (κ1) is 17.4. The third kappa shape index (κ3) is 3.49. The number of anilines is 1. The van der Waals surface area contributed by atoms with Crippen LogP contribution in [0.5, 0.6) is 0 Å². The molecule has 0 spiro atoms. The molecule has 0 fully saturated rings. The highest BCUT2D eigenvalue weighted by atomic mass is 32.1. The maximum absolute atomic E-state index is 11.6. The number of nitrogens with one attached hydrogen (secondary N) is 1. The minimum atomic E-state index is -1.31. The van der Waals surface area contributed by atoms with E-state index in [1.54, 1.807) is 0 Å². The summed E-state index contributed by atoms with van der Waals surface area (Å²) in [4.78, 5) is 42.7. The number of hydrogen-bond acceptors (Lipinski definition) is 8. The highest BCUT2D eigenvalue weighted by Gasteiger charge is 2.33. The van der Waals surface area contributed by atoms with Crippen molar-refractivity contribution in [1.82, 2.24) is 0 Å². The van der Waals surface area contributed by atoms with E-state index in [2.05, 4.69) is 17.9 Å². The smallest absolute Gasteiger partial charge is 0.326 e. The Morgan fingerprint density at radius 1 is 1.32 bits per heavy atom. The van der Waals surface area contributed by atoms with Gasteiger partial charge in [0.25, 0.3) is 5.69 Å². The lowest BCUT2D eigenvalue weighted by molar-refractivity contribution is -0.394. The van der Waals surface area contributed by atoms with Gasteiger partial charge < -0.3 is 10.4 Å². The maximum Gasteiger partial charge on any atom is 0.326 e. The van der Waals surface area contributed by atoms with Gasteiger partial charge in [0.2, 0.25) is 0 Å². The van der Waals surface area contributed by atoms with E-state index in [9.17, 15) is 29.8 Å². The van der Waals surface area contributed by atoms with E-state index in [4.69, 9.17) is 5.11 Å². The molecule has 0 aliphatic heterocycles. The topological polar surface area (TPSA) is 153 Å². The van der Waals surface area contributed by atoms with E-state index >= 15 is 0 Å². The highest BCUT2D eigenvalue weighted by Crippen LogP contribution is 2.36. The molecule has 0 saturated carbocycles. The van der Waals surface area contributed by atoms with Crippen molar-refractivity contribution >= 4 is 41.4 Å². The summed E-state index contributed by atoms with van der Waals surface area (Å²) < 4.78 is 0. The fraction of sp³-hybridized carbons (Fsp3) is 0.273. The average molecular weight is 329 g/mol. The number of nitro benzene ring substituents is 2. The Morgan fingerprint density at radius 2 is 1.91 bits per heavy atom. The summed E-state index contributed by atoms with van der Waals surface area (Å²) in [5.41, 5.74) is -2.55. The summed E-state index contributed by atoms with van der Waals surface area (Å²) in [5.74, 6) is -2.37. The van der Waals surface area contributed by atoms with Crippen molar-refractivity contribution in [3.63, 3.8) is 0 Å². The molecule has 1 rings (SSSR count). The zero-order valence-electron chi connectivity index (χ0n) is 11.2. The van der Waals surface area contributed by atoms with Crippen molar-refractivity contribution in [2.24, 2.45) is 0 Å². The molecule has 0 amide bonds. The monoisotopic (exact) mass is 329 g/mol. The second kappa shape index (κ2) is 6.85. The van der Waals surface area contributed by atoms with Crippen molar-refractivity contribution in [2.45, 2.75) is 13.0 Å². The Morgan fingerprint density at radius 3 is 2.27 bits per heavy atom. The predicted molar refractivity (Wildman–Crippen MR) is 78.7 cm³/mol. The van der Waals surface area contributed by atoms with Gasteiger partial charge in [-0.15, -0.1) is 0 Å². The van der Waals surface area contributed by atoms with Crippen LogP contribution in [0.25, 0.3) is 0 Å². The standard InChI is InChI=1S/C11H11N3O7S/c1-5(15)9-8(13(18)19)3-2-6(10(9)14(20)21)12-7(4-22)11(16)17/h2-3,7,12,22H,4H2,1H3,(H,16,17)/t7-/m0/s1. The van der Waals surface area contributed by atoms with Crippen molar-refractivity contribution in [3.8, 4) is 0 Å². The number of Topliss-reactive ketones (excluding diaryl/α,β-unsaturated/α-hetero) is 1. The maximum atomic E-state index is 11.6. The predicted octanol–water partition coefficient (Wildman–Crippen LogP) is 1.50. The van der Waals surface area contributed by atoms with Crippen LogP contribution in [0.15, 0.2) is 12.1 Å². The number of hydrogen-bond donors (Lipinski definition) is 3. The highest BCUT2D eigenvalue weighted by molar-refractivity contribution is 7.80. The van der Waals surface area contributed by atoms with E-state index in [0.717, 1.165) is 19.1 Å². The first-order chi connectivity index (χ1) is 10.2. The number of carboxylic acid groups (broad SMARTS) is 1. The summed E-state index contributed by atoms with van der Waals surface area (Å²) in [6.45, 7) is 0.951. The van der Waals surface area contributed by atoms with Crippen LogP contribution in [-0.2, 0) is 4.79 Å². The molecular weight excluding hydrogens is 318 g/mol. The Hall–Kier alpha value is -2.69. The molecule has 1 atom stereocenters. The van der Waals surface area contributed by atoms with E-state index in [1.807, 2.05) is 0 Å². The molecule has 10 nitrogen and oxygen atoms in total. The zero-order valence-corrected chi connectivity index (χ0v) is 12.1. The van der Waals surface area contributed by atoms with Gasteiger partial charge in [0.1, 0.15) is 11.7 Å². The summed E-state index contributed by atoms with van der Waals surface area (Å²) >= 11 is 3.80. The molecule has 0 bridgehead atoms. The number of carbonyl (C=O) groups is 2. The fourth-order valence-electron chi connectivity index (χ4n) is 1.76. The van der Waals surface area contributed by atoms with E-state index in [0.29, 0.717) is 0 Å². The molecule has 118 valence electrons. The number of nitro groups is 2. The minimum Gasteiger partial charge on any atom is -0.480 e. The lowest BCUT2D eigenvalue weighted by Gasteiger charge is -2.14. The minimum absolute atomic E-state index is 0.182. The Kier molecular flexibility index (Phi) is 5.40. The van der Waals surface area contributed by atoms with Crippen LogP contribution in [0.1, 0.15) is 17.3 Å². The number of rotatable bonds is 7. The van der Waals surface area contributed by atoms with Gasteiger partial charge in [-0.1, -0.05) is 0 Å². The molecular formula is C11H11N3O7S. The first-order valence-corrected chi connectivity index (χ1v) is 6.40. The molecule has 2 N–H and O–H groups in total. The van der Waals surface area contributed by atoms with Gasteiger partial charge in [0.15, 0.2) is 11.3 Å². The number of thiol groups is 1. The molecule has 0 aliphatic carbocycles. The van der Waals surface area contributed by atoms with Gasteiger partial charge in [-0.2, -0.15) is 12.6 Å². The third-order valence-electron chi connectivity index (χ3n) is 2.70. The molecule has 0 radical (unpaired) electrons. The Labute approximate surface area is 128 Å². The molecule has 0 saturated heterocycles. The van der Waals surface area contributed by atoms with Crippen LogP contribution < -0.4 is 5.32 Å². The van der Waals surface area contributed by atoms with E-state index in [1.165, 1.54) is 0 Å². The van der Waals surface area contributed by atoms with Crippen molar-refractivity contribution in [2.75, 3.05) is 11.1 Å². The normalized spacial score (nSPS) is 11.5. The van der Waals surface area contributed by atoms with Gasteiger partial charge in [-0.3, -0.25) is 25.0 Å². The van der Waals surface area contributed by atoms with Crippen LogP contribution in [0.2, 0.25) is 0 Å². The second-order valence-corrected chi connectivity index (χ2v) is 4.51. The molecule has 22 heavy (non-hydrogen) atoms. The molecule has 0 heterocycles. The summed E-state index contributed by atoms with van der Waals surface area (Å²) in [5, 5.41) is 33.4. The van der Waals surface area contributed by atoms with Crippen molar-refractivity contribution < 1.29 is 24.5 Å². The molecule has 0 aromatic heterocycles. The largest absolute Gasteiger partial charge is 0.480 e. The number of benzene rings is 1. The molecule has 0 aliphatic rings. The molecule has 11 heteroatoms. The van der Waals surface area contributed by atoms with Crippen LogP contribution in [0, 0.1) is 20.2 Å². The summed E-state index contributed by atoms with van der Waals surface area (Å²) in [6, 6.07) is 0.634. The zero-order chi connectivity index (χ0) is 17.0. The van der Waals surface area contributed by atoms with Crippen molar-refractivity contribution in [3.05, 3.63) is 37.9 Å². The number of ketones is 1. The molecule has 0 unspecified atom stereocenters. The van der Waals surface area contributed by atoms with Crippen LogP contribution >= 0.6 is 12.6 Å². The lowest BCUT2D eigenvalue weighted by Crippen LogP contribution is -2.31. The number of nitrogens with zero attached hydrogens (tertiary/aromatic N) is 2. The molecule has 1 aromatic rings. The summed E-state index contributed by atoms with van der Waals surface area (Å²) in [6.07, 6.45) is 0. The van der Waals surface area contributed by atoms with Gasteiger partial charge in [0, 0.05) is 11.8 Å². The Bertz CT molecular complexity index is 661. The third-order valence-corrected chi connectivity index (χ3v) is 3.06. The fourth-order valence-corrected chi connectivity index (χ4v) is 2.01. The van der Waals surface area contributed by atoms with Gasteiger partial charge in [-0.25, -0.2) is 4.79 Å². The molecule has 1 aromatic carbocycles. The number of carbonyl (C=O) groups excluding carboxylic acids is 1. The van der Waals surface area contributed by atoms with Gasteiger partial charge >= 0.3 is 11.7 Å². The van der Waals surface area contributed by atoms with Crippen LogP contribution in [0.4, 0.5) is 17.1 Å². The van der Waals surface area contributed by atoms with E-state index < -0.39 is 44.6 Å². The van der Waals surface area contributed by atoms with Crippen molar-refractivity contribution in [1.29, 1.82) is 0 Å². The second-order valence-electron chi connectivity index (χ2n) is 4.14. The summed E-state index contributed by atoms with van der Waals surface area (Å²) in [7, 11) is 0. The lowest BCUT2D eigenvalue weighted by atomic mass is 10.0. The van der Waals surface area contributed by atoms with Crippen LogP contribution in [0.3, 0.4) is 0 Å². The first-order valence-electron chi connectivity index (χ1n) is 5.77. The quantitative estimate of drug-likeness (QED) is 0.294. The Balaban J connectivity index is 3.57. The van der Waals surface area contributed by atoms with Gasteiger partial charge in [-0.05, 0) is 13.0 Å². The van der Waals surface area contributed by atoms with Crippen LogP contribution in [-0.4, -0.2) is 38.5 Å². The average Bonchev–Trinajstić information content (AvgIpc) is 2.42. The number of carboxylic acids is 1.